The van der Waals surface area contributed by atoms with Crippen LogP contribution in [0.15, 0.2) is 30.3 Å². The molecule has 1 aromatic rings. The summed E-state index contributed by atoms with van der Waals surface area (Å²) in [5.74, 6) is -0.439. The first-order valence-corrected chi connectivity index (χ1v) is 5.47. The molecule has 0 aliphatic rings. The number of hydrogen-bond acceptors (Lipinski definition) is 4. The number of rotatable bonds is 5. The molecule has 4 nitrogen and oxygen atoms in total. The van der Waals surface area contributed by atoms with Gasteiger partial charge in [0.05, 0.1) is 0 Å². The van der Waals surface area contributed by atoms with Gasteiger partial charge in [0.15, 0.2) is 6.61 Å². The summed E-state index contributed by atoms with van der Waals surface area (Å²) in [5.41, 5.74) is 0.483. The second-order valence-corrected chi connectivity index (χ2v) is 4.60. The average Bonchev–Trinajstić information content (AvgIpc) is 2.23. The number of benzene rings is 1. The Morgan fingerprint density at radius 2 is 1.76 bits per heavy atom. The molecular weight excluding hydrogens is 220 g/mol. The van der Waals surface area contributed by atoms with Crippen LogP contribution in [0, 0.1) is 0 Å². The highest BCUT2D eigenvalue weighted by Crippen LogP contribution is 2.07. The molecule has 0 saturated carbocycles. The third kappa shape index (κ3) is 6.71. The van der Waals surface area contributed by atoms with Crippen LogP contribution in [0.5, 0.6) is 0 Å². The number of carbonyl (C=O) groups excluding carboxylic acids is 1. The molecule has 0 aromatic heterocycles. The van der Waals surface area contributed by atoms with Gasteiger partial charge >= 0.3 is 5.97 Å². The van der Waals surface area contributed by atoms with Crippen LogP contribution in [0.2, 0.25) is 0 Å². The van der Waals surface area contributed by atoms with E-state index >= 15 is 0 Å². The molecule has 0 N–H and O–H groups in total. The fourth-order valence-corrected chi connectivity index (χ4v) is 1.14. The quantitative estimate of drug-likeness (QED) is 0.342. The van der Waals surface area contributed by atoms with Gasteiger partial charge in [-0.25, -0.2) is 14.6 Å². The van der Waals surface area contributed by atoms with Crippen LogP contribution in [-0.2, 0) is 25.9 Å². The molecular formula is C13H18O4. The van der Waals surface area contributed by atoms with Gasteiger partial charge in [-0.05, 0) is 26.3 Å². The number of hydrogen-bond donors (Lipinski definition) is 0. The summed E-state index contributed by atoms with van der Waals surface area (Å²) < 4.78 is 5.05. The van der Waals surface area contributed by atoms with Crippen molar-refractivity contribution in [2.75, 3.05) is 6.61 Å². The Morgan fingerprint density at radius 1 is 1.12 bits per heavy atom. The van der Waals surface area contributed by atoms with Crippen LogP contribution in [0.3, 0.4) is 0 Å². The summed E-state index contributed by atoms with van der Waals surface area (Å²) in [7, 11) is 0. The highest BCUT2D eigenvalue weighted by molar-refractivity contribution is 5.71. The Balaban J connectivity index is 2.14. The fourth-order valence-electron chi connectivity index (χ4n) is 1.14. The summed E-state index contributed by atoms with van der Waals surface area (Å²) in [4.78, 5) is 20.9. The molecule has 0 radical (unpaired) electrons. The highest BCUT2D eigenvalue weighted by atomic mass is 17.2. The first kappa shape index (κ1) is 13.7. The molecule has 0 aliphatic carbocycles. The van der Waals surface area contributed by atoms with Crippen molar-refractivity contribution in [2.45, 2.75) is 33.0 Å². The molecule has 0 spiro atoms. The van der Waals surface area contributed by atoms with Crippen molar-refractivity contribution >= 4 is 5.97 Å². The normalized spacial score (nSPS) is 11.2. The fraction of sp³-hybridized carbons (Fsp3) is 0.462. The summed E-state index contributed by atoms with van der Waals surface area (Å²) >= 11 is 0. The zero-order chi connectivity index (χ0) is 12.7. The van der Waals surface area contributed by atoms with E-state index < -0.39 is 11.6 Å². The van der Waals surface area contributed by atoms with Crippen LogP contribution >= 0.6 is 0 Å². The van der Waals surface area contributed by atoms with Crippen molar-refractivity contribution < 1.29 is 19.3 Å². The molecule has 17 heavy (non-hydrogen) atoms. The Hall–Kier alpha value is -1.39. The molecule has 0 fully saturated rings. The van der Waals surface area contributed by atoms with E-state index in [1.54, 1.807) is 20.8 Å². The van der Waals surface area contributed by atoms with Crippen LogP contribution in [0.1, 0.15) is 26.3 Å². The Morgan fingerprint density at radius 3 is 2.35 bits per heavy atom. The van der Waals surface area contributed by atoms with Crippen LogP contribution < -0.4 is 0 Å². The summed E-state index contributed by atoms with van der Waals surface area (Å²) in [5, 5.41) is 0. The first-order chi connectivity index (χ1) is 7.97. The SMILES string of the molecule is CC(C)(C)OC(=O)COOCc1ccccc1. The van der Waals surface area contributed by atoms with Crippen LogP contribution in [0.4, 0.5) is 0 Å². The predicted octanol–water partition coefficient (Wildman–Crippen LogP) is 2.48. The van der Waals surface area contributed by atoms with Gasteiger partial charge in [-0.2, -0.15) is 0 Å². The van der Waals surface area contributed by atoms with Gasteiger partial charge in [0.2, 0.25) is 0 Å². The van der Waals surface area contributed by atoms with Crippen molar-refractivity contribution in [3.63, 3.8) is 0 Å². The summed E-state index contributed by atoms with van der Waals surface area (Å²) in [6.45, 7) is 5.51. The van der Waals surface area contributed by atoms with Crippen molar-refractivity contribution in [1.29, 1.82) is 0 Å². The molecule has 0 saturated heterocycles. The lowest BCUT2D eigenvalue weighted by atomic mass is 10.2. The van der Waals surface area contributed by atoms with Crippen molar-refractivity contribution in [1.82, 2.24) is 0 Å². The molecule has 0 amide bonds. The maximum atomic E-state index is 11.2. The van der Waals surface area contributed by atoms with Gasteiger partial charge in [0, 0.05) is 0 Å². The Bertz CT molecular complexity index is 340. The smallest absolute Gasteiger partial charge is 0.335 e. The lowest BCUT2D eigenvalue weighted by Crippen LogP contribution is -2.26. The van der Waals surface area contributed by atoms with Gasteiger partial charge in [0.1, 0.15) is 12.2 Å². The Labute approximate surface area is 101 Å². The minimum atomic E-state index is -0.500. The monoisotopic (exact) mass is 238 g/mol. The van der Waals surface area contributed by atoms with Crippen molar-refractivity contribution in [3.05, 3.63) is 35.9 Å². The van der Waals surface area contributed by atoms with E-state index in [-0.39, 0.29) is 6.61 Å². The predicted molar refractivity (Wildman–Crippen MR) is 63.0 cm³/mol. The van der Waals surface area contributed by atoms with E-state index in [0.29, 0.717) is 6.61 Å². The minimum Gasteiger partial charge on any atom is -0.458 e. The molecule has 0 aliphatic heterocycles. The van der Waals surface area contributed by atoms with E-state index in [0.717, 1.165) is 5.56 Å². The van der Waals surface area contributed by atoms with Crippen LogP contribution in [-0.4, -0.2) is 18.2 Å². The first-order valence-electron chi connectivity index (χ1n) is 5.47. The maximum Gasteiger partial charge on any atom is 0.335 e. The van der Waals surface area contributed by atoms with Gasteiger partial charge < -0.3 is 4.74 Å². The zero-order valence-corrected chi connectivity index (χ0v) is 10.4. The number of esters is 1. The molecule has 1 rings (SSSR count). The molecule has 94 valence electrons. The van der Waals surface area contributed by atoms with Crippen LogP contribution in [0.25, 0.3) is 0 Å². The molecule has 1 aromatic carbocycles. The third-order valence-electron chi connectivity index (χ3n) is 1.75. The molecule has 0 atom stereocenters. The number of carbonyl (C=O) groups is 1. The second-order valence-electron chi connectivity index (χ2n) is 4.60. The van der Waals surface area contributed by atoms with Crippen molar-refractivity contribution in [3.8, 4) is 0 Å². The zero-order valence-electron chi connectivity index (χ0n) is 10.4. The van der Waals surface area contributed by atoms with Gasteiger partial charge in [-0.3, -0.25) is 0 Å². The average molecular weight is 238 g/mol. The lowest BCUT2D eigenvalue weighted by Gasteiger charge is -2.19. The number of ether oxygens (including phenoxy) is 1. The van der Waals surface area contributed by atoms with E-state index in [1.165, 1.54) is 0 Å². The standard InChI is InChI=1S/C13H18O4/c1-13(2,3)17-12(14)10-16-15-9-11-7-5-4-6-8-11/h4-8H,9-10H2,1-3H3. The molecule has 0 bridgehead atoms. The minimum absolute atomic E-state index is 0.204. The molecule has 0 unspecified atom stereocenters. The summed E-state index contributed by atoms with van der Waals surface area (Å²) in [6.07, 6.45) is 0. The highest BCUT2D eigenvalue weighted by Gasteiger charge is 2.16. The lowest BCUT2D eigenvalue weighted by molar-refractivity contribution is -0.302. The third-order valence-corrected chi connectivity index (χ3v) is 1.75. The van der Waals surface area contributed by atoms with E-state index in [4.69, 9.17) is 14.5 Å². The Kier molecular flexibility index (Phi) is 5.12. The molecule has 4 heteroatoms. The van der Waals surface area contributed by atoms with E-state index in [1.807, 2.05) is 30.3 Å². The van der Waals surface area contributed by atoms with E-state index in [2.05, 4.69) is 0 Å². The largest absolute Gasteiger partial charge is 0.458 e. The van der Waals surface area contributed by atoms with Gasteiger partial charge in [-0.1, -0.05) is 30.3 Å². The van der Waals surface area contributed by atoms with Gasteiger partial charge in [-0.15, -0.1) is 0 Å². The molecule has 0 heterocycles. The van der Waals surface area contributed by atoms with E-state index in [9.17, 15) is 4.79 Å². The van der Waals surface area contributed by atoms with Crippen molar-refractivity contribution in [2.24, 2.45) is 0 Å². The summed E-state index contributed by atoms with van der Waals surface area (Å²) in [6, 6.07) is 9.57. The topological polar surface area (TPSA) is 44.8 Å². The second kappa shape index (κ2) is 6.37. The van der Waals surface area contributed by atoms with Gasteiger partial charge in [0.25, 0.3) is 0 Å². The maximum absolute atomic E-state index is 11.2.